The van der Waals surface area contributed by atoms with Crippen molar-refractivity contribution in [1.82, 2.24) is 10.2 Å². The number of likely N-dealkylation sites (tertiary alicyclic amines) is 1. The lowest BCUT2D eigenvalue weighted by Gasteiger charge is -2.37. The number of nitrogens with zero attached hydrogens (tertiary/aromatic N) is 1. The topological polar surface area (TPSA) is 15.3 Å². The molecule has 2 heteroatoms. The van der Waals surface area contributed by atoms with Gasteiger partial charge in [0.05, 0.1) is 0 Å². The molecule has 0 bridgehead atoms. The van der Waals surface area contributed by atoms with E-state index in [4.69, 9.17) is 0 Å². The maximum atomic E-state index is 4.00. The zero-order valence-electron chi connectivity index (χ0n) is 14.5. The number of unbranched alkanes of at least 4 members (excludes halogenated alkanes) is 4. The number of nitrogens with one attached hydrogen (secondary N) is 1. The Labute approximate surface area is 127 Å². The number of hydrogen-bond donors (Lipinski definition) is 1. The predicted molar refractivity (Wildman–Crippen MR) is 90.3 cm³/mol. The quantitative estimate of drug-likeness (QED) is 0.590. The largest absolute Gasteiger partial charge is 0.311 e. The molecule has 0 saturated carbocycles. The molecule has 1 fully saturated rings. The summed E-state index contributed by atoms with van der Waals surface area (Å²) in [5, 5.41) is 4.00. The van der Waals surface area contributed by atoms with Gasteiger partial charge in [-0.1, -0.05) is 52.4 Å². The van der Waals surface area contributed by atoms with E-state index < -0.39 is 0 Å². The van der Waals surface area contributed by atoms with Crippen molar-refractivity contribution in [2.75, 3.05) is 13.6 Å². The van der Waals surface area contributed by atoms with Gasteiger partial charge in [-0.3, -0.25) is 0 Å². The van der Waals surface area contributed by atoms with E-state index >= 15 is 0 Å². The van der Waals surface area contributed by atoms with Gasteiger partial charge < -0.3 is 10.2 Å². The molecule has 2 unspecified atom stereocenters. The molecule has 0 radical (unpaired) electrons. The van der Waals surface area contributed by atoms with Gasteiger partial charge in [-0.15, -0.1) is 0 Å². The Morgan fingerprint density at radius 2 is 1.65 bits per heavy atom. The summed E-state index contributed by atoms with van der Waals surface area (Å²) >= 11 is 0. The summed E-state index contributed by atoms with van der Waals surface area (Å²) in [6.45, 7) is 8.24. The molecule has 0 amide bonds. The minimum absolute atomic E-state index is 0.744. The third kappa shape index (κ3) is 7.08. The van der Waals surface area contributed by atoms with E-state index in [1.807, 2.05) is 0 Å². The fourth-order valence-electron chi connectivity index (χ4n) is 3.37. The SMILES string of the molecule is CCCCCC(CCCCC)NC1CCN(C)C(C)C1. The molecule has 1 N–H and O–H groups in total. The molecule has 1 saturated heterocycles. The van der Waals surface area contributed by atoms with Crippen LogP contribution in [-0.2, 0) is 0 Å². The molecule has 120 valence electrons. The Bertz CT molecular complexity index is 219. The number of piperidine rings is 1. The van der Waals surface area contributed by atoms with Crippen LogP contribution in [0.2, 0.25) is 0 Å². The molecule has 0 aromatic carbocycles. The molecule has 0 aromatic heterocycles. The van der Waals surface area contributed by atoms with Crippen molar-refractivity contribution < 1.29 is 0 Å². The highest BCUT2D eigenvalue weighted by molar-refractivity contribution is 4.83. The van der Waals surface area contributed by atoms with Gasteiger partial charge in [-0.25, -0.2) is 0 Å². The van der Waals surface area contributed by atoms with E-state index in [0.29, 0.717) is 0 Å². The standard InChI is InChI=1S/C18H38N2/c1-5-7-9-11-17(12-10-8-6-2)19-18-13-14-20(4)16(3)15-18/h16-19H,5-15H2,1-4H3. The van der Waals surface area contributed by atoms with Crippen molar-refractivity contribution >= 4 is 0 Å². The van der Waals surface area contributed by atoms with Crippen molar-refractivity contribution in [3.63, 3.8) is 0 Å². The third-order valence-corrected chi connectivity index (χ3v) is 4.99. The van der Waals surface area contributed by atoms with Crippen LogP contribution in [0, 0.1) is 0 Å². The van der Waals surface area contributed by atoms with Crippen molar-refractivity contribution in [2.45, 2.75) is 103 Å². The fourth-order valence-corrected chi connectivity index (χ4v) is 3.37. The highest BCUT2D eigenvalue weighted by atomic mass is 15.1. The Hall–Kier alpha value is -0.0800. The first-order valence-corrected chi connectivity index (χ1v) is 9.13. The van der Waals surface area contributed by atoms with E-state index in [9.17, 15) is 0 Å². The van der Waals surface area contributed by atoms with Gasteiger partial charge in [0.2, 0.25) is 0 Å². The minimum Gasteiger partial charge on any atom is -0.311 e. The first-order valence-electron chi connectivity index (χ1n) is 9.13. The van der Waals surface area contributed by atoms with Crippen LogP contribution in [0.15, 0.2) is 0 Å². The van der Waals surface area contributed by atoms with Crippen LogP contribution in [0.25, 0.3) is 0 Å². The van der Waals surface area contributed by atoms with Crippen LogP contribution in [-0.4, -0.2) is 36.6 Å². The van der Waals surface area contributed by atoms with E-state index in [1.165, 1.54) is 70.8 Å². The molecule has 2 atom stereocenters. The highest BCUT2D eigenvalue weighted by Crippen LogP contribution is 2.18. The van der Waals surface area contributed by atoms with Crippen molar-refractivity contribution in [1.29, 1.82) is 0 Å². The zero-order chi connectivity index (χ0) is 14.8. The van der Waals surface area contributed by atoms with Crippen LogP contribution in [0.1, 0.15) is 85.0 Å². The van der Waals surface area contributed by atoms with Crippen LogP contribution in [0.4, 0.5) is 0 Å². The molecule has 1 heterocycles. The van der Waals surface area contributed by atoms with E-state index in [-0.39, 0.29) is 0 Å². The fraction of sp³-hybridized carbons (Fsp3) is 1.00. The minimum atomic E-state index is 0.744. The molecule has 0 aromatic rings. The first kappa shape index (κ1) is 18.0. The molecule has 1 aliphatic heterocycles. The lowest BCUT2D eigenvalue weighted by molar-refractivity contribution is 0.159. The van der Waals surface area contributed by atoms with Crippen LogP contribution < -0.4 is 5.32 Å². The second kappa shape index (κ2) is 10.6. The van der Waals surface area contributed by atoms with Gasteiger partial charge in [0.25, 0.3) is 0 Å². The van der Waals surface area contributed by atoms with Gasteiger partial charge >= 0.3 is 0 Å². The molecular weight excluding hydrogens is 244 g/mol. The highest BCUT2D eigenvalue weighted by Gasteiger charge is 2.24. The zero-order valence-corrected chi connectivity index (χ0v) is 14.5. The smallest absolute Gasteiger partial charge is 0.00966 e. The van der Waals surface area contributed by atoms with E-state index in [0.717, 1.165) is 18.1 Å². The summed E-state index contributed by atoms with van der Waals surface area (Å²) in [6, 6.07) is 2.27. The normalized spacial score (nSPS) is 24.4. The van der Waals surface area contributed by atoms with Gasteiger partial charge in [-0.2, -0.15) is 0 Å². The molecule has 20 heavy (non-hydrogen) atoms. The summed E-state index contributed by atoms with van der Waals surface area (Å²) in [7, 11) is 2.26. The summed E-state index contributed by atoms with van der Waals surface area (Å²) < 4.78 is 0. The summed E-state index contributed by atoms with van der Waals surface area (Å²) in [5.41, 5.74) is 0. The lowest BCUT2D eigenvalue weighted by atomic mass is 9.95. The Kier molecular flexibility index (Phi) is 9.54. The van der Waals surface area contributed by atoms with Gasteiger partial charge in [0.15, 0.2) is 0 Å². The van der Waals surface area contributed by atoms with Crippen LogP contribution in [0.5, 0.6) is 0 Å². The molecule has 0 spiro atoms. The maximum absolute atomic E-state index is 4.00. The lowest BCUT2D eigenvalue weighted by Crippen LogP contribution is -2.48. The second-order valence-corrected chi connectivity index (χ2v) is 6.91. The van der Waals surface area contributed by atoms with Crippen molar-refractivity contribution in [3.05, 3.63) is 0 Å². The van der Waals surface area contributed by atoms with Gasteiger partial charge in [0.1, 0.15) is 0 Å². The van der Waals surface area contributed by atoms with Crippen LogP contribution in [0.3, 0.4) is 0 Å². The Morgan fingerprint density at radius 3 is 2.15 bits per heavy atom. The predicted octanol–water partition coefficient (Wildman–Crippen LogP) is 4.59. The summed E-state index contributed by atoms with van der Waals surface area (Å²) in [4.78, 5) is 2.50. The van der Waals surface area contributed by atoms with Crippen molar-refractivity contribution in [3.8, 4) is 0 Å². The first-order chi connectivity index (χ1) is 9.67. The molecule has 2 nitrogen and oxygen atoms in total. The van der Waals surface area contributed by atoms with Gasteiger partial charge in [0, 0.05) is 18.1 Å². The monoisotopic (exact) mass is 282 g/mol. The second-order valence-electron chi connectivity index (χ2n) is 6.91. The van der Waals surface area contributed by atoms with Gasteiger partial charge in [-0.05, 0) is 46.2 Å². The van der Waals surface area contributed by atoms with Crippen LogP contribution >= 0.6 is 0 Å². The Balaban J connectivity index is 2.33. The maximum Gasteiger partial charge on any atom is 0.00966 e. The number of hydrogen-bond acceptors (Lipinski definition) is 2. The summed E-state index contributed by atoms with van der Waals surface area (Å²) in [6.07, 6.45) is 13.7. The molecule has 0 aliphatic carbocycles. The van der Waals surface area contributed by atoms with E-state index in [1.54, 1.807) is 0 Å². The Morgan fingerprint density at radius 1 is 1.05 bits per heavy atom. The molecule has 1 aliphatic rings. The number of rotatable bonds is 10. The summed E-state index contributed by atoms with van der Waals surface area (Å²) in [5.74, 6) is 0. The molecule has 1 rings (SSSR count). The average Bonchev–Trinajstić information content (AvgIpc) is 2.43. The molecular formula is C18H38N2. The van der Waals surface area contributed by atoms with E-state index in [2.05, 4.69) is 38.0 Å². The average molecular weight is 283 g/mol. The third-order valence-electron chi connectivity index (χ3n) is 4.99. The van der Waals surface area contributed by atoms with Crippen molar-refractivity contribution in [2.24, 2.45) is 0 Å².